The second-order valence-corrected chi connectivity index (χ2v) is 12.8. The Bertz CT molecular complexity index is 1690. The van der Waals surface area contributed by atoms with E-state index in [2.05, 4.69) is 0 Å². The SMILES string of the molecule is CC(C)(c1ccc(OOc2c(CO)cc(C(C)(C)c3cc(CO)c(O)c(CO)c3)cc2CO)c(CO)c1)c1cc(CO)c(O)c(CO)c1. The maximum Gasteiger partial charge on any atom is 0.189 e. The molecule has 0 aromatic heterocycles. The Morgan fingerprint density at radius 3 is 1.08 bits per heavy atom. The van der Waals surface area contributed by atoms with Crippen LogP contribution < -0.4 is 9.78 Å². The number of rotatable bonds is 14. The van der Waals surface area contributed by atoms with E-state index in [4.69, 9.17) is 9.78 Å². The molecule has 0 radical (unpaired) electrons. The van der Waals surface area contributed by atoms with Crippen LogP contribution >= 0.6 is 0 Å². The average molecular weight is 665 g/mol. The quantitative estimate of drug-likeness (QED) is 0.0705. The third-order valence-corrected chi connectivity index (χ3v) is 9.13. The summed E-state index contributed by atoms with van der Waals surface area (Å²) < 4.78 is 0. The zero-order valence-corrected chi connectivity index (χ0v) is 27.5. The summed E-state index contributed by atoms with van der Waals surface area (Å²) in [5.74, 6) is -0.0741. The molecule has 0 saturated heterocycles. The van der Waals surface area contributed by atoms with Gasteiger partial charge in [0.1, 0.15) is 11.5 Å². The van der Waals surface area contributed by atoms with E-state index >= 15 is 0 Å². The monoisotopic (exact) mass is 664 g/mol. The van der Waals surface area contributed by atoms with Gasteiger partial charge >= 0.3 is 0 Å². The van der Waals surface area contributed by atoms with Gasteiger partial charge in [-0.15, -0.1) is 0 Å². The Labute approximate surface area is 279 Å². The van der Waals surface area contributed by atoms with Crippen LogP contribution in [0.5, 0.6) is 23.0 Å². The fourth-order valence-electron chi connectivity index (χ4n) is 5.77. The summed E-state index contributed by atoms with van der Waals surface area (Å²) in [6.45, 7) is 4.59. The van der Waals surface area contributed by atoms with Crippen molar-refractivity contribution in [1.82, 2.24) is 0 Å². The third kappa shape index (κ3) is 6.99. The number of hydrogen-bond donors (Lipinski definition) is 9. The van der Waals surface area contributed by atoms with Crippen molar-refractivity contribution in [2.45, 2.75) is 84.8 Å². The molecule has 0 amide bonds. The molecule has 11 heteroatoms. The third-order valence-electron chi connectivity index (χ3n) is 9.13. The van der Waals surface area contributed by atoms with Gasteiger partial charge in [-0.2, -0.15) is 0 Å². The second kappa shape index (κ2) is 14.9. The van der Waals surface area contributed by atoms with E-state index in [-0.39, 0.29) is 45.3 Å². The molecule has 4 aromatic carbocycles. The van der Waals surface area contributed by atoms with E-state index in [9.17, 15) is 46.0 Å². The van der Waals surface area contributed by atoms with Crippen LogP contribution in [0.1, 0.15) is 88.9 Å². The van der Waals surface area contributed by atoms with Crippen LogP contribution in [0.15, 0.2) is 54.6 Å². The van der Waals surface area contributed by atoms with Gasteiger partial charge in [-0.25, -0.2) is 0 Å². The van der Waals surface area contributed by atoms with Gasteiger partial charge in [0.25, 0.3) is 0 Å². The first-order chi connectivity index (χ1) is 22.8. The number of aromatic hydroxyl groups is 2. The van der Waals surface area contributed by atoms with Crippen LogP contribution in [0.25, 0.3) is 0 Å². The normalized spacial score (nSPS) is 12.0. The molecule has 0 bridgehead atoms. The first kappa shape index (κ1) is 36.6. The zero-order valence-electron chi connectivity index (χ0n) is 27.5. The Hall–Kier alpha value is -4.20. The largest absolute Gasteiger partial charge is 0.507 e. The highest BCUT2D eigenvalue weighted by molar-refractivity contribution is 5.53. The van der Waals surface area contributed by atoms with Crippen molar-refractivity contribution < 1.29 is 55.7 Å². The lowest BCUT2D eigenvalue weighted by Crippen LogP contribution is -2.21. The highest BCUT2D eigenvalue weighted by atomic mass is 17.2. The predicted molar refractivity (Wildman–Crippen MR) is 176 cm³/mol. The summed E-state index contributed by atoms with van der Waals surface area (Å²) in [6.07, 6.45) is 0. The summed E-state index contributed by atoms with van der Waals surface area (Å²) in [7, 11) is 0. The van der Waals surface area contributed by atoms with Gasteiger partial charge < -0.3 is 46.0 Å². The van der Waals surface area contributed by atoms with Crippen LogP contribution in [0.2, 0.25) is 0 Å². The van der Waals surface area contributed by atoms with E-state index in [0.29, 0.717) is 27.8 Å². The molecule has 4 aromatic rings. The molecular formula is C37H44O11. The minimum absolute atomic E-state index is 0.0859. The maximum atomic E-state index is 10.3. The Balaban J connectivity index is 1.67. The molecule has 9 N–H and O–H groups in total. The van der Waals surface area contributed by atoms with Gasteiger partial charge in [-0.3, -0.25) is 9.78 Å². The molecular weight excluding hydrogens is 620 g/mol. The number of aliphatic hydroxyl groups excluding tert-OH is 7. The van der Waals surface area contributed by atoms with Crippen LogP contribution in [0.4, 0.5) is 0 Å². The number of benzene rings is 4. The lowest BCUT2D eigenvalue weighted by Gasteiger charge is -2.29. The van der Waals surface area contributed by atoms with Crippen LogP contribution in [-0.2, 0) is 57.1 Å². The van der Waals surface area contributed by atoms with Crippen molar-refractivity contribution in [3.05, 3.63) is 116 Å². The van der Waals surface area contributed by atoms with Crippen LogP contribution in [0, 0.1) is 0 Å². The average Bonchev–Trinajstić information content (AvgIpc) is 3.09. The van der Waals surface area contributed by atoms with E-state index in [1.54, 1.807) is 54.6 Å². The highest BCUT2D eigenvalue weighted by Gasteiger charge is 2.29. The molecule has 0 saturated carbocycles. The molecule has 0 aliphatic rings. The topological polar surface area (TPSA) is 201 Å². The van der Waals surface area contributed by atoms with Gasteiger partial charge in [-0.1, -0.05) is 33.8 Å². The number of aliphatic hydroxyl groups is 7. The smallest absolute Gasteiger partial charge is 0.189 e. The zero-order chi connectivity index (χ0) is 35.4. The standard InChI is InChI=1S/C37H44O11/c1-36(2,29-8-22(15-39)33(45)23(9-29)16-40)28-5-6-32(21(7-28)14-38)47-48-35-26(19-43)12-31(13-27(35)20-44)37(3,4)30-10-24(17-41)34(46)25(11-30)18-42/h5-13,38-46H,14-20H2,1-4H3. The van der Waals surface area contributed by atoms with E-state index in [1.807, 2.05) is 27.7 Å². The summed E-state index contributed by atoms with van der Waals surface area (Å²) >= 11 is 0. The molecule has 0 aliphatic heterocycles. The van der Waals surface area contributed by atoms with Gasteiger partial charge in [0.15, 0.2) is 11.5 Å². The number of hydrogen-bond acceptors (Lipinski definition) is 11. The van der Waals surface area contributed by atoms with Gasteiger partial charge in [0.05, 0.1) is 46.2 Å². The van der Waals surface area contributed by atoms with Gasteiger partial charge in [0, 0.05) is 49.8 Å². The molecule has 0 spiro atoms. The van der Waals surface area contributed by atoms with Crippen molar-refractivity contribution in [1.29, 1.82) is 0 Å². The second-order valence-electron chi connectivity index (χ2n) is 12.8. The molecule has 0 fully saturated rings. The fourth-order valence-corrected chi connectivity index (χ4v) is 5.77. The lowest BCUT2D eigenvalue weighted by atomic mass is 9.76. The van der Waals surface area contributed by atoms with Crippen molar-refractivity contribution in [2.24, 2.45) is 0 Å². The first-order valence-electron chi connectivity index (χ1n) is 15.4. The molecule has 4 rings (SSSR count). The Morgan fingerprint density at radius 1 is 0.417 bits per heavy atom. The van der Waals surface area contributed by atoms with Crippen LogP contribution in [-0.4, -0.2) is 46.0 Å². The summed E-state index contributed by atoms with van der Waals surface area (Å²) in [4.78, 5) is 11.4. The van der Waals surface area contributed by atoms with Crippen molar-refractivity contribution in [3.63, 3.8) is 0 Å². The van der Waals surface area contributed by atoms with Gasteiger partial charge in [-0.05, 0) is 70.8 Å². The molecule has 258 valence electrons. The van der Waals surface area contributed by atoms with Crippen LogP contribution in [0.3, 0.4) is 0 Å². The first-order valence-corrected chi connectivity index (χ1v) is 15.4. The van der Waals surface area contributed by atoms with E-state index < -0.39 is 57.1 Å². The summed E-state index contributed by atoms with van der Waals surface area (Å²) in [6, 6.07) is 15.1. The minimum Gasteiger partial charge on any atom is -0.507 e. The fraction of sp³-hybridized carbons (Fsp3) is 0.351. The molecule has 48 heavy (non-hydrogen) atoms. The summed E-state index contributed by atoms with van der Waals surface area (Å²) in [5, 5.41) is 90.5. The van der Waals surface area contributed by atoms with Crippen molar-refractivity contribution in [3.8, 4) is 23.0 Å². The minimum atomic E-state index is -0.769. The van der Waals surface area contributed by atoms with E-state index in [1.165, 1.54) is 0 Å². The molecule has 0 atom stereocenters. The van der Waals surface area contributed by atoms with Crippen molar-refractivity contribution >= 4 is 0 Å². The molecule has 11 nitrogen and oxygen atoms in total. The summed E-state index contributed by atoms with van der Waals surface area (Å²) in [5.41, 5.74) is 3.44. The van der Waals surface area contributed by atoms with Crippen molar-refractivity contribution in [2.75, 3.05) is 0 Å². The maximum absolute atomic E-state index is 10.3. The molecule has 0 aliphatic carbocycles. The predicted octanol–water partition coefficient (Wildman–Crippen LogP) is 3.57. The van der Waals surface area contributed by atoms with E-state index in [0.717, 1.165) is 11.1 Å². The molecule has 0 unspecified atom stereocenters. The Morgan fingerprint density at radius 2 is 0.729 bits per heavy atom. The highest BCUT2D eigenvalue weighted by Crippen LogP contribution is 2.41. The lowest BCUT2D eigenvalue weighted by molar-refractivity contribution is -0.104. The molecule has 0 heterocycles. The Kier molecular flexibility index (Phi) is 11.4. The number of phenols is 2. The van der Waals surface area contributed by atoms with Gasteiger partial charge in [0.2, 0.25) is 0 Å².